The van der Waals surface area contributed by atoms with Crippen molar-refractivity contribution < 1.29 is 13.5 Å². The number of hydrogen-bond donors (Lipinski definition) is 1. The summed E-state index contributed by atoms with van der Waals surface area (Å²) in [6.07, 6.45) is 3.00. The van der Waals surface area contributed by atoms with E-state index in [1.165, 1.54) is 4.31 Å². The average molecular weight is 255 g/mol. The molecule has 0 atom stereocenters. The second-order valence-corrected chi connectivity index (χ2v) is 6.41. The molecule has 1 N–H and O–H groups in total. The summed E-state index contributed by atoms with van der Waals surface area (Å²) in [5.41, 5.74) is 0.718. The van der Waals surface area contributed by atoms with Crippen molar-refractivity contribution in [2.24, 2.45) is 0 Å². The molecule has 5 heteroatoms. The highest BCUT2D eigenvalue weighted by Crippen LogP contribution is 2.28. The third-order valence-corrected chi connectivity index (χ3v) is 5.30. The molecule has 0 bridgehead atoms. The van der Waals surface area contributed by atoms with Gasteiger partial charge in [-0.1, -0.05) is 18.6 Å². The minimum Gasteiger partial charge on any atom is -0.392 e. The largest absolute Gasteiger partial charge is 0.392 e. The molecular weight excluding hydrogens is 238 g/mol. The van der Waals surface area contributed by atoms with Crippen molar-refractivity contribution in [3.8, 4) is 0 Å². The molecule has 1 aromatic carbocycles. The molecule has 4 nitrogen and oxygen atoms in total. The van der Waals surface area contributed by atoms with Crippen LogP contribution >= 0.6 is 0 Å². The van der Waals surface area contributed by atoms with E-state index in [4.69, 9.17) is 5.11 Å². The van der Waals surface area contributed by atoms with Gasteiger partial charge in [-0.25, -0.2) is 8.42 Å². The molecule has 94 valence electrons. The second kappa shape index (κ2) is 4.76. The van der Waals surface area contributed by atoms with Gasteiger partial charge in [-0.15, -0.1) is 0 Å². The van der Waals surface area contributed by atoms with E-state index in [0.29, 0.717) is 4.90 Å². The zero-order valence-corrected chi connectivity index (χ0v) is 10.7. The molecule has 1 aliphatic rings. The van der Waals surface area contributed by atoms with Gasteiger partial charge in [0.25, 0.3) is 0 Å². The van der Waals surface area contributed by atoms with Crippen LogP contribution in [0, 0.1) is 0 Å². The molecule has 0 saturated heterocycles. The van der Waals surface area contributed by atoms with Gasteiger partial charge in [0.05, 0.1) is 11.5 Å². The van der Waals surface area contributed by atoms with E-state index in [2.05, 4.69) is 0 Å². The number of hydrogen-bond acceptors (Lipinski definition) is 3. The van der Waals surface area contributed by atoms with Gasteiger partial charge in [-0.05, 0) is 30.5 Å². The molecule has 1 aromatic rings. The van der Waals surface area contributed by atoms with Crippen molar-refractivity contribution in [2.75, 3.05) is 7.05 Å². The number of sulfonamides is 1. The van der Waals surface area contributed by atoms with Crippen LogP contribution in [0.15, 0.2) is 29.2 Å². The summed E-state index contributed by atoms with van der Waals surface area (Å²) >= 11 is 0. The van der Waals surface area contributed by atoms with E-state index in [9.17, 15) is 8.42 Å². The molecule has 0 radical (unpaired) electrons. The first-order chi connectivity index (χ1) is 8.05. The van der Waals surface area contributed by atoms with Crippen LogP contribution in [0.4, 0.5) is 0 Å². The maximum atomic E-state index is 12.2. The predicted molar refractivity (Wildman–Crippen MR) is 65.0 cm³/mol. The van der Waals surface area contributed by atoms with E-state index in [1.54, 1.807) is 31.3 Å². The van der Waals surface area contributed by atoms with Crippen molar-refractivity contribution in [1.29, 1.82) is 0 Å². The van der Waals surface area contributed by atoms with Crippen LogP contribution in [0.5, 0.6) is 0 Å². The lowest BCUT2D eigenvalue weighted by Crippen LogP contribution is -2.41. The molecule has 2 rings (SSSR count). The number of aliphatic hydroxyl groups is 1. The van der Waals surface area contributed by atoms with Gasteiger partial charge < -0.3 is 5.11 Å². The summed E-state index contributed by atoms with van der Waals surface area (Å²) in [7, 11) is -1.73. The van der Waals surface area contributed by atoms with Gasteiger partial charge in [-0.2, -0.15) is 4.31 Å². The van der Waals surface area contributed by atoms with Gasteiger partial charge >= 0.3 is 0 Å². The van der Waals surface area contributed by atoms with Crippen molar-refractivity contribution in [3.63, 3.8) is 0 Å². The zero-order valence-electron chi connectivity index (χ0n) is 9.83. The minimum atomic E-state index is -3.37. The second-order valence-electron chi connectivity index (χ2n) is 4.41. The maximum absolute atomic E-state index is 12.2. The van der Waals surface area contributed by atoms with E-state index < -0.39 is 10.0 Å². The van der Waals surface area contributed by atoms with Gasteiger partial charge in [-0.3, -0.25) is 0 Å². The fourth-order valence-electron chi connectivity index (χ4n) is 1.88. The Labute approximate surface area is 102 Å². The Morgan fingerprint density at radius 3 is 2.29 bits per heavy atom. The maximum Gasteiger partial charge on any atom is 0.243 e. The monoisotopic (exact) mass is 255 g/mol. The Kier molecular flexibility index (Phi) is 3.51. The van der Waals surface area contributed by atoms with Crippen LogP contribution in [0.2, 0.25) is 0 Å². The molecule has 0 aliphatic heterocycles. The van der Waals surface area contributed by atoms with E-state index in [-0.39, 0.29) is 12.6 Å². The molecule has 1 saturated carbocycles. The number of nitrogens with zero attached hydrogens (tertiary/aromatic N) is 1. The Morgan fingerprint density at radius 1 is 1.29 bits per heavy atom. The minimum absolute atomic E-state index is 0.0706. The SMILES string of the molecule is CN(C1CCC1)S(=O)(=O)c1ccc(CO)cc1. The van der Waals surface area contributed by atoms with E-state index >= 15 is 0 Å². The van der Waals surface area contributed by atoms with Gasteiger partial charge in [0.2, 0.25) is 10.0 Å². The van der Waals surface area contributed by atoms with Crippen molar-refractivity contribution >= 4 is 10.0 Å². The predicted octanol–water partition coefficient (Wildman–Crippen LogP) is 1.35. The molecule has 0 amide bonds. The van der Waals surface area contributed by atoms with Crippen molar-refractivity contribution in [2.45, 2.75) is 36.8 Å². The first kappa shape index (κ1) is 12.5. The Hall–Kier alpha value is -0.910. The molecule has 1 aliphatic carbocycles. The number of rotatable bonds is 4. The lowest BCUT2D eigenvalue weighted by molar-refractivity contribution is 0.249. The Balaban J connectivity index is 2.23. The quantitative estimate of drug-likeness (QED) is 0.883. The standard InChI is InChI=1S/C12H17NO3S/c1-13(11-3-2-4-11)17(15,16)12-7-5-10(9-14)6-8-12/h5-8,11,14H,2-4,9H2,1H3. The lowest BCUT2D eigenvalue weighted by Gasteiger charge is -2.33. The number of benzene rings is 1. The first-order valence-electron chi connectivity index (χ1n) is 5.73. The Bertz CT molecular complexity index is 477. The summed E-state index contributed by atoms with van der Waals surface area (Å²) in [5.74, 6) is 0. The van der Waals surface area contributed by atoms with E-state index in [1.807, 2.05) is 0 Å². The van der Waals surface area contributed by atoms with Gasteiger partial charge in [0, 0.05) is 13.1 Å². The molecule has 17 heavy (non-hydrogen) atoms. The Morgan fingerprint density at radius 2 is 1.88 bits per heavy atom. The van der Waals surface area contributed by atoms with Crippen LogP contribution < -0.4 is 0 Å². The summed E-state index contributed by atoms with van der Waals surface area (Å²) in [5, 5.41) is 8.92. The first-order valence-corrected chi connectivity index (χ1v) is 7.17. The zero-order chi connectivity index (χ0) is 12.5. The fourth-order valence-corrected chi connectivity index (χ4v) is 3.30. The third-order valence-electron chi connectivity index (χ3n) is 3.37. The van der Waals surface area contributed by atoms with Gasteiger partial charge in [0.15, 0.2) is 0 Å². The third kappa shape index (κ3) is 2.36. The molecule has 0 heterocycles. The average Bonchev–Trinajstić information content (AvgIpc) is 2.27. The molecule has 1 fully saturated rings. The molecule has 0 unspecified atom stereocenters. The van der Waals surface area contributed by atoms with Crippen LogP contribution in [-0.2, 0) is 16.6 Å². The smallest absolute Gasteiger partial charge is 0.243 e. The highest BCUT2D eigenvalue weighted by molar-refractivity contribution is 7.89. The van der Waals surface area contributed by atoms with Crippen LogP contribution in [-0.4, -0.2) is 30.9 Å². The van der Waals surface area contributed by atoms with Crippen LogP contribution in [0.25, 0.3) is 0 Å². The summed E-state index contributed by atoms with van der Waals surface area (Å²) in [6, 6.07) is 6.53. The highest BCUT2D eigenvalue weighted by atomic mass is 32.2. The van der Waals surface area contributed by atoms with Crippen molar-refractivity contribution in [3.05, 3.63) is 29.8 Å². The molecule has 0 spiro atoms. The summed E-state index contributed by atoms with van der Waals surface area (Å²) in [6.45, 7) is -0.0706. The topological polar surface area (TPSA) is 57.6 Å². The van der Waals surface area contributed by atoms with Crippen molar-refractivity contribution in [1.82, 2.24) is 4.31 Å². The molecular formula is C12H17NO3S. The number of aliphatic hydroxyl groups excluding tert-OH is 1. The van der Waals surface area contributed by atoms with Gasteiger partial charge in [0.1, 0.15) is 0 Å². The van der Waals surface area contributed by atoms with E-state index in [0.717, 1.165) is 24.8 Å². The van der Waals surface area contributed by atoms with Crippen LogP contribution in [0.3, 0.4) is 0 Å². The summed E-state index contributed by atoms with van der Waals surface area (Å²) < 4.78 is 25.9. The highest BCUT2D eigenvalue weighted by Gasteiger charge is 2.31. The fraction of sp³-hybridized carbons (Fsp3) is 0.500. The lowest BCUT2D eigenvalue weighted by atomic mass is 9.94. The summed E-state index contributed by atoms with van der Waals surface area (Å²) in [4.78, 5) is 0.295. The molecule has 0 aromatic heterocycles. The van der Waals surface area contributed by atoms with Crippen LogP contribution in [0.1, 0.15) is 24.8 Å². The normalized spacial score (nSPS) is 17.1.